The first kappa shape index (κ1) is 22.2. The van der Waals surface area contributed by atoms with Crippen LogP contribution in [0.5, 0.6) is 0 Å². The third-order valence-electron chi connectivity index (χ3n) is 5.43. The summed E-state index contributed by atoms with van der Waals surface area (Å²) in [6, 6.07) is 4.10. The number of rotatable bonds is 5. The topological polar surface area (TPSA) is 119 Å². The highest BCUT2D eigenvalue weighted by Crippen LogP contribution is 2.38. The average molecular weight is 484 g/mol. The van der Waals surface area contributed by atoms with Gasteiger partial charge in [-0.15, -0.1) is 11.3 Å². The van der Waals surface area contributed by atoms with Gasteiger partial charge in [-0.2, -0.15) is 4.31 Å². The summed E-state index contributed by atoms with van der Waals surface area (Å²) in [5.74, 6) is -1.11. The van der Waals surface area contributed by atoms with Crippen molar-refractivity contribution in [2.75, 3.05) is 31.6 Å². The number of nitrogens with zero attached hydrogens (tertiary/aromatic N) is 1. The zero-order valence-electron chi connectivity index (χ0n) is 16.6. The van der Waals surface area contributed by atoms with Crippen molar-refractivity contribution in [1.82, 2.24) is 4.31 Å². The molecule has 2 heterocycles. The molecule has 1 aromatic heterocycles. The molecule has 4 rings (SSSR count). The fourth-order valence-electron chi connectivity index (χ4n) is 3.86. The molecule has 3 N–H and O–H groups in total. The number of hydrogen-bond donors (Lipinski definition) is 2. The molecule has 2 aliphatic rings. The van der Waals surface area contributed by atoms with E-state index in [-0.39, 0.29) is 28.6 Å². The number of nitrogens with one attached hydrogen (secondary N) is 1. The van der Waals surface area contributed by atoms with Gasteiger partial charge in [0.1, 0.15) is 9.90 Å². The Hall–Kier alpha value is -1.98. The Morgan fingerprint density at radius 2 is 1.87 bits per heavy atom. The van der Waals surface area contributed by atoms with Gasteiger partial charge in [0.25, 0.3) is 11.8 Å². The Bertz CT molecular complexity index is 1140. The van der Waals surface area contributed by atoms with E-state index in [9.17, 15) is 18.0 Å². The minimum absolute atomic E-state index is 0.0347. The number of morpholine rings is 1. The normalized spacial score (nSPS) is 17.2. The Balaban J connectivity index is 1.64. The molecule has 0 atom stereocenters. The van der Waals surface area contributed by atoms with E-state index in [1.165, 1.54) is 33.8 Å². The number of fused-ring (bicyclic) bond motifs is 1. The van der Waals surface area contributed by atoms with Crippen molar-refractivity contribution < 1.29 is 22.7 Å². The predicted octanol–water partition coefficient (Wildman–Crippen LogP) is 2.65. The van der Waals surface area contributed by atoms with Crippen LogP contribution >= 0.6 is 22.9 Å². The fraction of sp³-hybridized carbons (Fsp3) is 0.400. The molecule has 0 bridgehead atoms. The van der Waals surface area contributed by atoms with Crippen molar-refractivity contribution in [3.63, 3.8) is 0 Å². The van der Waals surface area contributed by atoms with Crippen LogP contribution in [-0.2, 0) is 27.6 Å². The van der Waals surface area contributed by atoms with Crippen molar-refractivity contribution >= 4 is 49.8 Å². The van der Waals surface area contributed by atoms with E-state index in [0.717, 1.165) is 36.1 Å². The van der Waals surface area contributed by atoms with Crippen molar-refractivity contribution in [2.45, 2.75) is 30.6 Å². The van der Waals surface area contributed by atoms with Crippen LogP contribution in [0.1, 0.15) is 44.0 Å². The largest absolute Gasteiger partial charge is 0.379 e. The standard InChI is InChI=1S/C20H22ClN3O5S2/c21-14-6-5-12(11-16(14)31(27,28)24-7-9-29-10-8-24)19(26)23-20-17(18(22)25)13-3-1-2-4-15(13)30-20/h5-6,11H,1-4,7-10H2,(H2,22,25)(H,23,26). The molecule has 166 valence electrons. The number of primary amides is 1. The van der Waals surface area contributed by atoms with Gasteiger partial charge in [-0.05, 0) is 49.4 Å². The quantitative estimate of drug-likeness (QED) is 0.677. The van der Waals surface area contributed by atoms with Gasteiger partial charge in [0, 0.05) is 23.5 Å². The molecule has 0 spiro atoms. The highest BCUT2D eigenvalue weighted by Gasteiger charge is 2.30. The molecule has 8 nitrogen and oxygen atoms in total. The van der Waals surface area contributed by atoms with Crippen molar-refractivity contribution in [2.24, 2.45) is 5.73 Å². The molecule has 11 heteroatoms. The Labute approximate surface area is 189 Å². The van der Waals surface area contributed by atoms with E-state index < -0.39 is 21.8 Å². The molecule has 1 saturated heterocycles. The second-order valence-electron chi connectivity index (χ2n) is 7.40. The molecule has 2 amide bonds. The third-order valence-corrected chi connectivity index (χ3v) is 9.01. The van der Waals surface area contributed by atoms with E-state index in [4.69, 9.17) is 22.1 Å². The summed E-state index contributed by atoms with van der Waals surface area (Å²) in [5, 5.41) is 3.18. The van der Waals surface area contributed by atoms with Crippen LogP contribution in [0.3, 0.4) is 0 Å². The van der Waals surface area contributed by atoms with Gasteiger partial charge >= 0.3 is 0 Å². The second-order valence-corrected chi connectivity index (χ2v) is 10.8. The summed E-state index contributed by atoms with van der Waals surface area (Å²) in [6.07, 6.45) is 3.60. The summed E-state index contributed by atoms with van der Waals surface area (Å²) in [4.78, 5) is 25.9. The third kappa shape index (κ3) is 4.35. The maximum absolute atomic E-state index is 13.0. The molecular weight excluding hydrogens is 462 g/mol. The number of hydrogen-bond acceptors (Lipinski definition) is 6. The summed E-state index contributed by atoms with van der Waals surface area (Å²) in [7, 11) is -3.88. The van der Waals surface area contributed by atoms with E-state index in [2.05, 4.69) is 5.32 Å². The molecule has 1 aromatic carbocycles. The minimum atomic E-state index is -3.88. The maximum atomic E-state index is 13.0. The van der Waals surface area contributed by atoms with E-state index in [1.807, 2.05) is 0 Å². The van der Waals surface area contributed by atoms with Gasteiger partial charge in [0.05, 0.1) is 23.8 Å². The Morgan fingerprint density at radius 1 is 1.16 bits per heavy atom. The highest BCUT2D eigenvalue weighted by molar-refractivity contribution is 7.89. The number of carbonyl (C=O) groups is 2. The number of thiophene rings is 1. The molecular formula is C20H22ClN3O5S2. The van der Waals surface area contributed by atoms with Crippen LogP contribution in [0.25, 0.3) is 0 Å². The van der Waals surface area contributed by atoms with Crippen molar-refractivity contribution in [3.8, 4) is 0 Å². The average Bonchev–Trinajstić information content (AvgIpc) is 3.12. The first-order valence-corrected chi connectivity index (χ1v) is 12.6. The van der Waals surface area contributed by atoms with Gasteiger partial charge in [0.15, 0.2) is 0 Å². The molecule has 0 unspecified atom stereocenters. The number of carbonyl (C=O) groups excluding carboxylic acids is 2. The highest BCUT2D eigenvalue weighted by atomic mass is 35.5. The lowest BCUT2D eigenvalue weighted by molar-refractivity contribution is 0.0730. The number of amides is 2. The molecule has 1 aliphatic carbocycles. The number of nitrogens with two attached hydrogens (primary N) is 1. The summed E-state index contributed by atoms with van der Waals surface area (Å²) in [5.41, 5.74) is 6.97. The van der Waals surface area contributed by atoms with Crippen molar-refractivity contribution in [3.05, 3.63) is 44.8 Å². The van der Waals surface area contributed by atoms with Crippen LogP contribution in [0, 0.1) is 0 Å². The minimum Gasteiger partial charge on any atom is -0.379 e. The lowest BCUT2D eigenvalue weighted by Crippen LogP contribution is -2.40. The number of anilines is 1. The van der Waals surface area contributed by atoms with Crippen LogP contribution in [-0.4, -0.2) is 50.8 Å². The number of aryl methyl sites for hydroxylation is 1. The first-order chi connectivity index (χ1) is 14.8. The number of ether oxygens (including phenoxy) is 1. The van der Waals surface area contributed by atoms with Gasteiger partial charge in [-0.1, -0.05) is 11.6 Å². The van der Waals surface area contributed by atoms with Crippen LogP contribution < -0.4 is 11.1 Å². The zero-order valence-corrected chi connectivity index (χ0v) is 19.0. The van der Waals surface area contributed by atoms with E-state index in [1.54, 1.807) is 0 Å². The van der Waals surface area contributed by atoms with Crippen LogP contribution in [0.15, 0.2) is 23.1 Å². The lowest BCUT2D eigenvalue weighted by Gasteiger charge is -2.26. The smallest absolute Gasteiger partial charge is 0.256 e. The lowest BCUT2D eigenvalue weighted by atomic mass is 9.95. The zero-order chi connectivity index (χ0) is 22.2. The summed E-state index contributed by atoms with van der Waals surface area (Å²) < 4.78 is 32.5. The number of sulfonamides is 1. The molecule has 1 fully saturated rings. The second kappa shape index (κ2) is 8.87. The van der Waals surface area contributed by atoms with E-state index in [0.29, 0.717) is 23.8 Å². The molecule has 1 aliphatic heterocycles. The fourth-order valence-corrected chi connectivity index (χ4v) is 7.06. The monoisotopic (exact) mass is 483 g/mol. The van der Waals surface area contributed by atoms with Crippen molar-refractivity contribution in [1.29, 1.82) is 0 Å². The SMILES string of the molecule is NC(=O)c1c(NC(=O)c2ccc(Cl)c(S(=O)(=O)N3CCOCC3)c2)sc2c1CCCC2. The van der Waals surface area contributed by atoms with Gasteiger partial charge in [-0.25, -0.2) is 8.42 Å². The number of benzene rings is 1. The summed E-state index contributed by atoms with van der Waals surface area (Å²) in [6.45, 7) is 1.04. The predicted molar refractivity (Wildman–Crippen MR) is 118 cm³/mol. The first-order valence-electron chi connectivity index (χ1n) is 9.92. The van der Waals surface area contributed by atoms with Gasteiger partial charge in [-0.3, -0.25) is 9.59 Å². The van der Waals surface area contributed by atoms with Crippen LogP contribution in [0.2, 0.25) is 5.02 Å². The number of halogens is 1. The molecule has 2 aromatic rings. The Kier molecular flexibility index (Phi) is 6.36. The van der Waals surface area contributed by atoms with E-state index >= 15 is 0 Å². The Morgan fingerprint density at radius 3 is 2.58 bits per heavy atom. The summed E-state index contributed by atoms with van der Waals surface area (Å²) >= 11 is 7.52. The maximum Gasteiger partial charge on any atom is 0.256 e. The van der Waals surface area contributed by atoms with Crippen LogP contribution in [0.4, 0.5) is 5.00 Å². The van der Waals surface area contributed by atoms with Gasteiger partial charge < -0.3 is 15.8 Å². The molecule has 0 saturated carbocycles. The molecule has 0 radical (unpaired) electrons. The molecule has 31 heavy (non-hydrogen) atoms. The van der Waals surface area contributed by atoms with Gasteiger partial charge in [0.2, 0.25) is 10.0 Å².